The van der Waals surface area contributed by atoms with Crippen molar-refractivity contribution in [3.63, 3.8) is 0 Å². The van der Waals surface area contributed by atoms with Crippen LogP contribution in [0.4, 0.5) is 0 Å². The lowest BCUT2D eigenvalue weighted by molar-refractivity contribution is 0.160. The van der Waals surface area contributed by atoms with Crippen molar-refractivity contribution >= 4 is 0 Å². The molecule has 0 amide bonds. The molecule has 0 bridgehead atoms. The van der Waals surface area contributed by atoms with E-state index in [1.165, 1.54) is 0 Å². The molecule has 1 radical (unpaired) electrons. The Morgan fingerprint density at radius 2 is 2.29 bits per heavy atom. The summed E-state index contributed by atoms with van der Waals surface area (Å²) in [7, 11) is 1.81. The molecule has 0 aromatic heterocycles. The number of hydrogen-bond acceptors (Lipinski definition) is 1. The second kappa shape index (κ2) is 4.09. The van der Waals surface area contributed by atoms with E-state index in [0.29, 0.717) is 0 Å². The van der Waals surface area contributed by atoms with Crippen LogP contribution in [0.1, 0.15) is 13.3 Å². The summed E-state index contributed by atoms with van der Waals surface area (Å²) in [6.07, 6.45) is 0.931. The standard InChI is InChI=1S/C5H12NO/c1-3-5(4-7)6-2/h5-6H,3-4H2,1-2H3. The molecule has 0 aromatic carbocycles. The summed E-state index contributed by atoms with van der Waals surface area (Å²) in [6, 6.07) is 0.181. The van der Waals surface area contributed by atoms with Crippen LogP contribution in [0.25, 0.3) is 0 Å². The van der Waals surface area contributed by atoms with Crippen molar-refractivity contribution in [2.45, 2.75) is 19.4 Å². The highest BCUT2D eigenvalue weighted by atomic mass is 16.3. The normalized spacial score (nSPS) is 14.1. The van der Waals surface area contributed by atoms with E-state index in [1.807, 2.05) is 14.0 Å². The summed E-state index contributed by atoms with van der Waals surface area (Å²) >= 11 is 0. The number of likely N-dealkylation sites (N-methyl/N-ethyl adjacent to an activating group) is 1. The van der Waals surface area contributed by atoms with Crippen molar-refractivity contribution < 1.29 is 5.11 Å². The van der Waals surface area contributed by atoms with E-state index in [4.69, 9.17) is 0 Å². The minimum Gasteiger partial charge on any atom is -0.315 e. The van der Waals surface area contributed by atoms with Gasteiger partial charge >= 0.3 is 0 Å². The average Bonchev–Trinajstić information content (AvgIpc) is 1.72. The molecule has 0 aliphatic rings. The second-order valence-corrected chi connectivity index (χ2v) is 1.56. The molecule has 7 heavy (non-hydrogen) atoms. The van der Waals surface area contributed by atoms with Gasteiger partial charge in [-0.2, -0.15) is 0 Å². The summed E-state index contributed by atoms with van der Waals surface area (Å²) in [5.74, 6) is 0. The summed E-state index contributed by atoms with van der Waals surface area (Å²) in [4.78, 5) is 0. The fourth-order valence-electron chi connectivity index (χ4n) is 0.405. The van der Waals surface area contributed by atoms with Gasteiger partial charge in [0.25, 0.3) is 0 Å². The van der Waals surface area contributed by atoms with Crippen molar-refractivity contribution in [1.82, 2.24) is 5.32 Å². The molecule has 0 fully saturated rings. The van der Waals surface area contributed by atoms with Gasteiger partial charge < -0.3 is 5.32 Å². The molecule has 0 spiro atoms. The van der Waals surface area contributed by atoms with Gasteiger partial charge in [-0.05, 0) is 13.5 Å². The SMILES string of the molecule is CCC(C[O])NC. The Labute approximate surface area is 44.5 Å². The first-order valence-electron chi connectivity index (χ1n) is 2.60. The first-order chi connectivity index (χ1) is 3.35. The minimum atomic E-state index is -0.00694. The predicted molar refractivity (Wildman–Crippen MR) is 28.7 cm³/mol. The Hall–Kier alpha value is -0.0800. The molecule has 0 rings (SSSR count). The number of rotatable bonds is 3. The van der Waals surface area contributed by atoms with Crippen LogP contribution in [-0.4, -0.2) is 19.7 Å². The zero-order valence-corrected chi connectivity index (χ0v) is 4.90. The highest BCUT2D eigenvalue weighted by Gasteiger charge is 1.97. The molecular formula is C5H12NO. The lowest BCUT2D eigenvalue weighted by Gasteiger charge is -2.05. The summed E-state index contributed by atoms with van der Waals surface area (Å²) in [5.41, 5.74) is 0. The van der Waals surface area contributed by atoms with E-state index in [2.05, 4.69) is 5.32 Å². The van der Waals surface area contributed by atoms with Crippen LogP contribution in [-0.2, 0) is 5.11 Å². The van der Waals surface area contributed by atoms with Gasteiger partial charge in [0.1, 0.15) is 0 Å². The lowest BCUT2D eigenvalue weighted by Crippen LogP contribution is -2.26. The van der Waals surface area contributed by atoms with Gasteiger partial charge in [0.15, 0.2) is 0 Å². The highest BCUT2D eigenvalue weighted by molar-refractivity contribution is 4.56. The maximum Gasteiger partial charge on any atom is 0.0975 e. The Kier molecular flexibility index (Phi) is 4.04. The third-order valence-electron chi connectivity index (χ3n) is 1.10. The third kappa shape index (κ3) is 2.60. The Morgan fingerprint density at radius 1 is 1.71 bits per heavy atom. The molecule has 0 saturated heterocycles. The zero-order chi connectivity index (χ0) is 5.70. The van der Waals surface area contributed by atoms with Gasteiger partial charge in [0.2, 0.25) is 0 Å². The fraction of sp³-hybridized carbons (Fsp3) is 1.00. The molecule has 1 atom stereocenters. The van der Waals surface area contributed by atoms with Crippen LogP contribution in [0.2, 0.25) is 0 Å². The average molecular weight is 102 g/mol. The Morgan fingerprint density at radius 3 is 2.29 bits per heavy atom. The van der Waals surface area contributed by atoms with Crippen molar-refractivity contribution in [2.75, 3.05) is 13.7 Å². The zero-order valence-electron chi connectivity index (χ0n) is 4.90. The third-order valence-corrected chi connectivity index (χ3v) is 1.10. The highest BCUT2D eigenvalue weighted by Crippen LogP contribution is 1.84. The number of nitrogens with one attached hydrogen (secondary N) is 1. The van der Waals surface area contributed by atoms with Gasteiger partial charge in [0, 0.05) is 6.04 Å². The molecule has 1 N–H and O–H groups in total. The van der Waals surface area contributed by atoms with Crippen LogP contribution in [0.15, 0.2) is 0 Å². The molecular weight excluding hydrogens is 90.1 g/mol. The van der Waals surface area contributed by atoms with E-state index < -0.39 is 0 Å². The first-order valence-corrected chi connectivity index (χ1v) is 2.60. The van der Waals surface area contributed by atoms with Gasteiger partial charge in [-0.3, -0.25) is 0 Å². The molecule has 43 valence electrons. The molecule has 2 nitrogen and oxygen atoms in total. The van der Waals surface area contributed by atoms with E-state index in [9.17, 15) is 5.11 Å². The quantitative estimate of drug-likeness (QED) is 0.550. The molecule has 0 aliphatic heterocycles. The smallest absolute Gasteiger partial charge is 0.0975 e. The molecule has 0 heterocycles. The molecule has 0 saturated carbocycles. The van der Waals surface area contributed by atoms with Crippen LogP contribution in [0, 0.1) is 0 Å². The number of hydrogen-bond donors (Lipinski definition) is 1. The van der Waals surface area contributed by atoms with E-state index >= 15 is 0 Å². The minimum absolute atomic E-state index is 0.00694. The molecule has 2 heteroatoms. The predicted octanol–water partition coefficient (Wildman–Crippen LogP) is 0.415. The summed E-state index contributed by atoms with van der Waals surface area (Å²) in [6.45, 7) is 1.99. The monoisotopic (exact) mass is 102 g/mol. The maximum absolute atomic E-state index is 10.0. The van der Waals surface area contributed by atoms with E-state index in [1.54, 1.807) is 0 Å². The topological polar surface area (TPSA) is 31.9 Å². The van der Waals surface area contributed by atoms with Crippen molar-refractivity contribution in [3.8, 4) is 0 Å². The summed E-state index contributed by atoms with van der Waals surface area (Å²) in [5, 5.41) is 12.9. The van der Waals surface area contributed by atoms with Gasteiger partial charge in [0.05, 0.1) is 6.61 Å². The fourth-order valence-corrected chi connectivity index (χ4v) is 0.405. The van der Waals surface area contributed by atoms with Gasteiger partial charge in [-0.15, -0.1) is 0 Å². The van der Waals surface area contributed by atoms with Gasteiger partial charge in [-0.25, -0.2) is 5.11 Å². The molecule has 0 aromatic rings. The summed E-state index contributed by atoms with van der Waals surface area (Å²) < 4.78 is 0. The molecule has 0 aliphatic carbocycles. The van der Waals surface area contributed by atoms with Crippen molar-refractivity contribution in [2.24, 2.45) is 0 Å². The largest absolute Gasteiger partial charge is 0.315 e. The molecule has 1 unspecified atom stereocenters. The van der Waals surface area contributed by atoms with Crippen LogP contribution < -0.4 is 5.32 Å². The van der Waals surface area contributed by atoms with Crippen LogP contribution in [0.5, 0.6) is 0 Å². The van der Waals surface area contributed by atoms with Gasteiger partial charge in [-0.1, -0.05) is 6.92 Å². The lowest BCUT2D eigenvalue weighted by atomic mass is 10.2. The second-order valence-electron chi connectivity index (χ2n) is 1.56. The van der Waals surface area contributed by atoms with Crippen LogP contribution >= 0.6 is 0 Å². The van der Waals surface area contributed by atoms with Crippen molar-refractivity contribution in [3.05, 3.63) is 0 Å². The van der Waals surface area contributed by atoms with Crippen LogP contribution in [0.3, 0.4) is 0 Å². The van der Waals surface area contributed by atoms with Crippen molar-refractivity contribution in [1.29, 1.82) is 0 Å². The van der Waals surface area contributed by atoms with E-state index in [0.717, 1.165) is 6.42 Å². The Bertz CT molecular complexity index is 29.6. The van der Waals surface area contributed by atoms with E-state index in [-0.39, 0.29) is 12.6 Å². The first kappa shape index (κ1) is 6.92. The maximum atomic E-state index is 10.0. The Balaban J connectivity index is 2.99.